The standard InChI is InChI=1S/C32H33F2N7O4/c1-3-31(43)40-10-7-19(8-11-40)38-27-14-22-26(15-29(27)44-2)36-18-37-32(22)39-25-5-4-20(12-23(25)33)45-21-6-9-35-30(13-21)41-16-24(34)28(42)17-41/h3-6,9,12-15,18-19,24,28,38,42H,1,7-8,10-11,16-17H2,2H3,(H,36,37,39)/t24-,28+/m1/s1. The fourth-order valence-electron chi connectivity index (χ4n) is 5.55. The minimum atomic E-state index is -1.35. The van der Waals surface area contributed by atoms with E-state index in [9.17, 15) is 14.3 Å². The van der Waals surface area contributed by atoms with Crippen molar-refractivity contribution in [1.29, 1.82) is 0 Å². The number of β-amino-alcohol motifs (C(OH)–C–C–N with tert-alkyl or cyclic N) is 1. The van der Waals surface area contributed by atoms with Crippen LogP contribution in [-0.4, -0.2) is 82.5 Å². The van der Waals surface area contributed by atoms with Crippen LogP contribution in [0.4, 0.5) is 31.8 Å². The Morgan fingerprint density at radius 1 is 1.07 bits per heavy atom. The highest BCUT2D eigenvalue weighted by Crippen LogP contribution is 2.35. The number of aliphatic hydroxyl groups is 1. The fourth-order valence-corrected chi connectivity index (χ4v) is 5.55. The van der Waals surface area contributed by atoms with Crippen LogP contribution in [0.2, 0.25) is 0 Å². The van der Waals surface area contributed by atoms with Crippen LogP contribution in [0, 0.1) is 5.82 Å². The molecule has 0 unspecified atom stereocenters. The van der Waals surface area contributed by atoms with Gasteiger partial charge in [0.2, 0.25) is 5.91 Å². The highest BCUT2D eigenvalue weighted by atomic mass is 19.1. The van der Waals surface area contributed by atoms with Crippen LogP contribution in [0.3, 0.4) is 0 Å². The molecule has 4 heterocycles. The third-order valence-corrected chi connectivity index (χ3v) is 7.99. The number of pyridine rings is 1. The first-order valence-electron chi connectivity index (χ1n) is 14.6. The molecule has 0 bridgehead atoms. The van der Waals surface area contributed by atoms with Crippen LogP contribution >= 0.6 is 0 Å². The summed E-state index contributed by atoms with van der Waals surface area (Å²) in [5.74, 6) is 1.48. The molecule has 234 valence electrons. The van der Waals surface area contributed by atoms with E-state index >= 15 is 4.39 Å². The van der Waals surface area contributed by atoms with E-state index in [-0.39, 0.29) is 36.5 Å². The summed E-state index contributed by atoms with van der Waals surface area (Å²) < 4.78 is 40.6. The Morgan fingerprint density at radius 2 is 1.87 bits per heavy atom. The molecule has 3 N–H and O–H groups in total. The minimum Gasteiger partial charge on any atom is -0.495 e. The van der Waals surface area contributed by atoms with Gasteiger partial charge in [-0.3, -0.25) is 4.79 Å². The smallest absolute Gasteiger partial charge is 0.245 e. The van der Waals surface area contributed by atoms with Crippen molar-refractivity contribution in [3.63, 3.8) is 0 Å². The quantitative estimate of drug-likeness (QED) is 0.225. The molecule has 0 aliphatic carbocycles. The monoisotopic (exact) mass is 617 g/mol. The number of hydrogen-bond acceptors (Lipinski definition) is 10. The summed E-state index contributed by atoms with van der Waals surface area (Å²) in [6.45, 7) is 4.98. The lowest BCUT2D eigenvalue weighted by molar-refractivity contribution is -0.126. The third kappa shape index (κ3) is 6.58. The Balaban J connectivity index is 1.18. The first kappa shape index (κ1) is 30.0. The summed E-state index contributed by atoms with van der Waals surface area (Å²) in [5.41, 5.74) is 1.53. The average molecular weight is 618 g/mol. The minimum absolute atomic E-state index is 0.0340. The summed E-state index contributed by atoms with van der Waals surface area (Å²) in [4.78, 5) is 28.4. The lowest BCUT2D eigenvalue weighted by Crippen LogP contribution is -2.41. The van der Waals surface area contributed by atoms with Gasteiger partial charge in [0.1, 0.15) is 53.3 Å². The van der Waals surface area contributed by atoms with E-state index < -0.39 is 18.1 Å². The molecule has 2 aromatic carbocycles. The lowest BCUT2D eigenvalue weighted by atomic mass is 10.0. The Morgan fingerprint density at radius 3 is 2.58 bits per heavy atom. The number of amides is 1. The number of carbonyl (C=O) groups excluding carboxylic acids is 1. The molecule has 2 fully saturated rings. The first-order chi connectivity index (χ1) is 21.8. The SMILES string of the molecule is C=CC(=O)N1CCC(Nc2cc3c(Nc4ccc(Oc5ccnc(N6C[C@@H](F)[C@@H](O)C6)c5)cc4F)ncnc3cc2OC)CC1. The number of hydrogen-bond donors (Lipinski definition) is 3. The average Bonchev–Trinajstić information content (AvgIpc) is 3.40. The number of rotatable bonds is 9. The Labute approximate surface area is 258 Å². The molecular weight excluding hydrogens is 584 g/mol. The number of fused-ring (bicyclic) bond motifs is 1. The molecule has 2 aromatic heterocycles. The first-order valence-corrected chi connectivity index (χ1v) is 14.6. The molecule has 6 rings (SSSR count). The van der Waals surface area contributed by atoms with Gasteiger partial charge < -0.3 is 35.0 Å². The Bertz CT molecular complexity index is 1710. The second-order valence-corrected chi connectivity index (χ2v) is 10.9. The molecule has 0 radical (unpaired) electrons. The summed E-state index contributed by atoms with van der Waals surface area (Å²) >= 11 is 0. The van der Waals surface area contributed by atoms with E-state index in [2.05, 4.69) is 32.2 Å². The van der Waals surface area contributed by atoms with Crippen LogP contribution < -0.4 is 25.0 Å². The highest BCUT2D eigenvalue weighted by molar-refractivity contribution is 5.95. The summed E-state index contributed by atoms with van der Waals surface area (Å²) in [5, 5.41) is 17.0. The van der Waals surface area contributed by atoms with E-state index in [4.69, 9.17) is 9.47 Å². The van der Waals surface area contributed by atoms with Crippen molar-refractivity contribution in [2.24, 2.45) is 0 Å². The van der Waals surface area contributed by atoms with Crippen molar-refractivity contribution in [1.82, 2.24) is 19.9 Å². The second kappa shape index (κ2) is 12.9. The molecule has 0 saturated carbocycles. The van der Waals surface area contributed by atoms with Crippen LogP contribution in [0.25, 0.3) is 10.9 Å². The second-order valence-electron chi connectivity index (χ2n) is 10.9. The molecule has 4 aromatic rings. The van der Waals surface area contributed by atoms with E-state index in [1.54, 1.807) is 47.2 Å². The van der Waals surface area contributed by atoms with Crippen molar-refractivity contribution in [3.8, 4) is 17.2 Å². The van der Waals surface area contributed by atoms with Gasteiger partial charge in [-0.15, -0.1) is 0 Å². The largest absolute Gasteiger partial charge is 0.495 e. The van der Waals surface area contributed by atoms with E-state index in [1.165, 1.54) is 24.7 Å². The van der Waals surface area contributed by atoms with Gasteiger partial charge in [-0.05, 0) is 43.2 Å². The molecule has 2 aliphatic rings. The number of halogens is 2. The number of carbonyl (C=O) groups is 1. The number of aliphatic hydroxyl groups excluding tert-OH is 1. The van der Waals surface area contributed by atoms with Gasteiger partial charge in [-0.25, -0.2) is 23.7 Å². The highest BCUT2D eigenvalue weighted by Gasteiger charge is 2.32. The molecule has 11 nitrogen and oxygen atoms in total. The number of ether oxygens (including phenoxy) is 2. The zero-order valence-corrected chi connectivity index (χ0v) is 24.6. The molecular formula is C32H33F2N7O4. The predicted octanol–water partition coefficient (Wildman–Crippen LogP) is 4.82. The number of nitrogens with one attached hydrogen (secondary N) is 2. The van der Waals surface area contributed by atoms with E-state index in [0.717, 1.165) is 18.5 Å². The van der Waals surface area contributed by atoms with Crippen molar-refractivity contribution in [2.75, 3.05) is 48.8 Å². The zero-order valence-electron chi connectivity index (χ0n) is 24.6. The summed E-state index contributed by atoms with van der Waals surface area (Å²) in [6, 6.07) is 11.4. The maximum atomic E-state index is 15.3. The lowest BCUT2D eigenvalue weighted by Gasteiger charge is -2.32. The number of nitrogens with zero attached hydrogens (tertiary/aromatic N) is 5. The van der Waals surface area contributed by atoms with Crippen molar-refractivity contribution in [2.45, 2.75) is 31.2 Å². The molecule has 2 atom stereocenters. The molecule has 0 spiro atoms. The van der Waals surface area contributed by atoms with Crippen LogP contribution in [0.15, 0.2) is 67.6 Å². The molecule has 45 heavy (non-hydrogen) atoms. The number of piperidine rings is 1. The predicted molar refractivity (Wildman–Crippen MR) is 167 cm³/mol. The Hall–Kier alpha value is -5.04. The topological polar surface area (TPSA) is 125 Å². The molecule has 1 amide bonds. The van der Waals surface area contributed by atoms with Crippen molar-refractivity contribution >= 4 is 39.8 Å². The number of benzene rings is 2. The van der Waals surface area contributed by atoms with Gasteiger partial charge in [-0.1, -0.05) is 6.58 Å². The maximum absolute atomic E-state index is 15.3. The van der Waals surface area contributed by atoms with Gasteiger partial charge in [0.05, 0.1) is 30.5 Å². The van der Waals surface area contributed by atoms with Crippen LogP contribution in [0.1, 0.15) is 12.8 Å². The third-order valence-electron chi connectivity index (χ3n) is 7.99. The number of likely N-dealkylation sites (tertiary alicyclic amines) is 1. The fraction of sp³-hybridized carbons (Fsp3) is 0.312. The van der Waals surface area contributed by atoms with Crippen molar-refractivity contribution in [3.05, 3.63) is 73.5 Å². The molecule has 13 heteroatoms. The number of aromatic nitrogens is 3. The van der Waals surface area contributed by atoms with Crippen LogP contribution in [0.5, 0.6) is 17.2 Å². The van der Waals surface area contributed by atoms with Gasteiger partial charge in [0.25, 0.3) is 0 Å². The normalized spacial score (nSPS) is 18.6. The number of methoxy groups -OCH3 is 1. The maximum Gasteiger partial charge on any atom is 0.245 e. The van der Waals surface area contributed by atoms with Gasteiger partial charge >= 0.3 is 0 Å². The zero-order chi connectivity index (χ0) is 31.5. The summed E-state index contributed by atoms with van der Waals surface area (Å²) in [7, 11) is 1.58. The summed E-state index contributed by atoms with van der Waals surface area (Å²) in [6.07, 6.45) is 3.35. The molecule has 2 aliphatic heterocycles. The van der Waals surface area contributed by atoms with E-state index in [1.807, 2.05) is 6.07 Å². The Kier molecular flexibility index (Phi) is 8.60. The number of alkyl halides is 1. The van der Waals surface area contributed by atoms with Gasteiger partial charge in [0.15, 0.2) is 0 Å². The van der Waals surface area contributed by atoms with Crippen molar-refractivity contribution < 1.29 is 28.2 Å². The molecule has 2 saturated heterocycles. The van der Waals surface area contributed by atoms with Gasteiger partial charge in [0, 0.05) is 55.5 Å². The van der Waals surface area contributed by atoms with Gasteiger partial charge in [-0.2, -0.15) is 0 Å². The van der Waals surface area contributed by atoms with Crippen LogP contribution in [-0.2, 0) is 4.79 Å². The van der Waals surface area contributed by atoms with E-state index in [0.29, 0.717) is 47.1 Å². The number of anilines is 4.